The Morgan fingerprint density at radius 2 is 1.73 bits per heavy atom. The molecule has 2 heterocycles. The first-order valence-corrected chi connectivity index (χ1v) is 13.6. The van der Waals surface area contributed by atoms with Gasteiger partial charge in [0.05, 0.1) is 12.6 Å². The molecule has 200 valence electrons. The van der Waals surface area contributed by atoms with E-state index in [4.69, 9.17) is 9.47 Å². The standard InChI is InChI=1S/C30H41N3O4/c1-5-27(30(35)32-17-15-31(16-18-32)19-20-36-4)37-25-12-11-23-13-14-33(28(34)6-2)29(26(23)21-25)24-9-7-22(3)8-10-24/h7-12,21,27,29H,5-6,13-20H2,1-4H3/t27-,29+/m1/s1. The summed E-state index contributed by atoms with van der Waals surface area (Å²) in [5.41, 5.74) is 4.60. The van der Waals surface area contributed by atoms with E-state index >= 15 is 0 Å². The Bertz CT molecular complexity index is 1060. The van der Waals surface area contributed by atoms with E-state index in [1.807, 2.05) is 35.8 Å². The summed E-state index contributed by atoms with van der Waals surface area (Å²) in [4.78, 5) is 32.5. The number of nitrogens with zero attached hydrogens (tertiary/aromatic N) is 3. The second-order valence-electron chi connectivity index (χ2n) is 10.0. The minimum absolute atomic E-state index is 0.0458. The summed E-state index contributed by atoms with van der Waals surface area (Å²) in [5.74, 6) is 0.874. The van der Waals surface area contributed by atoms with E-state index in [1.165, 1.54) is 11.1 Å². The van der Waals surface area contributed by atoms with Gasteiger partial charge in [-0.2, -0.15) is 0 Å². The largest absolute Gasteiger partial charge is 0.481 e. The highest BCUT2D eigenvalue weighted by Crippen LogP contribution is 2.38. The molecule has 2 aliphatic rings. The van der Waals surface area contributed by atoms with Gasteiger partial charge in [-0.05, 0) is 48.6 Å². The van der Waals surface area contributed by atoms with Crippen LogP contribution in [0.5, 0.6) is 5.75 Å². The highest BCUT2D eigenvalue weighted by Gasteiger charge is 2.33. The Morgan fingerprint density at radius 3 is 2.38 bits per heavy atom. The number of carbonyl (C=O) groups excluding carboxylic acids is 2. The van der Waals surface area contributed by atoms with Crippen molar-refractivity contribution < 1.29 is 19.1 Å². The average Bonchev–Trinajstić information content (AvgIpc) is 2.94. The third-order valence-electron chi connectivity index (χ3n) is 7.58. The van der Waals surface area contributed by atoms with Gasteiger partial charge < -0.3 is 19.3 Å². The van der Waals surface area contributed by atoms with Crippen LogP contribution < -0.4 is 4.74 Å². The molecule has 1 fully saturated rings. The monoisotopic (exact) mass is 507 g/mol. The zero-order valence-corrected chi connectivity index (χ0v) is 22.7. The lowest BCUT2D eigenvalue weighted by molar-refractivity contribution is -0.140. The van der Waals surface area contributed by atoms with Gasteiger partial charge in [-0.1, -0.05) is 49.7 Å². The van der Waals surface area contributed by atoms with Gasteiger partial charge in [0.25, 0.3) is 5.91 Å². The van der Waals surface area contributed by atoms with Gasteiger partial charge in [0.1, 0.15) is 5.75 Å². The van der Waals surface area contributed by atoms with Crippen LogP contribution in [-0.2, 0) is 20.7 Å². The van der Waals surface area contributed by atoms with E-state index in [0.717, 1.165) is 37.2 Å². The van der Waals surface area contributed by atoms with Crippen molar-refractivity contribution in [1.29, 1.82) is 0 Å². The summed E-state index contributed by atoms with van der Waals surface area (Å²) in [6.45, 7) is 11.4. The molecule has 0 unspecified atom stereocenters. The molecule has 0 aliphatic carbocycles. The topological polar surface area (TPSA) is 62.3 Å². The van der Waals surface area contributed by atoms with Crippen molar-refractivity contribution in [2.24, 2.45) is 0 Å². The smallest absolute Gasteiger partial charge is 0.263 e. The molecule has 0 N–H and O–H groups in total. The zero-order valence-electron chi connectivity index (χ0n) is 22.7. The van der Waals surface area contributed by atoms with Gasteiger partial charge in [-0.3, -0.25) is 14.5 Å². The number of carbonyl (C=O) groups is 2. The Hall–Kier alpha value is -2.90. The normalized spacial score (nSPS) is 18.9. The molecule has 0 aromatic heterocycles. The van der Waals surface area contributed by atoms with Crippen LogP contribution >= 0.6 is 0 Å². The molecule has 2 atom stereocenters. The molecular weight excluding hydrogens is 466 g/mol. The molecule has 4 rings (SSSR count). The average molecular weight is 508 g/mol. The van der Waals surface area contributed by atoms with Crippen molar-refractivity contribution in [3.05, 3.63) is 64.7 Å². The number of piperazine rings is 1. The molecular formula is C30H41N3O4. The molecule has 2 aromatic rings. The number of hydrogen-bond donors (Lipinski definition) is 0. The fourth-order valence-corrected chi connectivity index (χ4v) is 5.33. The molecule has 2 aliphatic heterocycles. The summed E-state index contributed by atoms with van der Waals surface area (Å²) in [6.07, 6.45) is 1.35. The zero-order chi connectivity index (χ0) is 26.4. The summed E-state index contributed by atoms with van der Waals surface area (Å²) >= 11 is 0. The van der Waals surface area contributed by atoms with Gasteiger partial charge >= 0.3 is 0 Å². The van der Waals surface area contributed by atoms with Crippen molar-refractivity contribution in [1.82, 2.24) is 14.7 Å². The predicted molar refractivity (Wildman–Crippen MR) is 145 cm³/mol. The van der Waals surface area contributed by atoms with Crippen LogP contribution in [0.3, 0.4) is 0 Å². The Balaban J connectivity index is 1.53. The summed E-state index contributed by atoms with van der Waals surface area (Å²) < 4.78 is 11.5. The van der Waals surface area contributed by atoms with Crippen LogP contribution in [-0.4, -0.2) is 85.6 Å². The van der Waals surface area contributed by atoms with Crippen LogP contribution in [0.4, 0.5) is 0 Å². The first-order valence-electron chi connectivity index (χ1n) is 13.6. The molecule has 0 spiro atoms. The highest BCUT2D eigenvalue weighted by molar-refractivity contribution is 5.81. The van der Waals surface area contributed by atoms with E-state index in [0.29, 0.717) is 44.8 Å². The van der Waals surface area contributed by atoms with Crippen molar-refractivity contribution in [2.75, 3.05) is 53.0 Å². The Kier molecular flexibility index (Phi) is 9.22. The number of hydrogen-bond acceptors (Lipinski definition) is 5. The minimum atomic E-state index is -0.529. The number of ether oxygens (including phenoxy) is 2. The number of amides is 2. The van der Waals surface area contributed by atoms with Crippen molar-refractivity contribution >= 4 is 11.8 Å². The maximum absolute atomic E-state index is 13.3. The fourth-order valence-electron chi connectivity index (χ4n) is 5.33. The van der Waals surface area contributed by atoms with Gasteiger partial charge in [-0.15, -0.1) is 0 Å². The first-order chi connectivity index (χ1) is 17.9. The number of fused-ring (bicyclic) bond motifs is 1. The van der Waals surface area contributed by atoms with E-state index < -0.39 is 6.10 Å². The van der Waals surface area contributed by atoms with Crippen LogP contribution in [0.1, 0.15) is 55.0 Å². The molecule has 7 nitrogen and oxygen atoms in total. The molecule has 37 heavy (non-hydrogen) atoms. The van der Waals surface area contributed by atoms with Crippen molar-refractivity contribution in [3.63, 3.8) is 0 Å². The summed E-state index contributed by atoms with van der Waals surface area (Å²) in [7, 11) is 1.71. The lowest BCUT2D eigenvalue weighted by Crippen LogP contribution is -2.52. The number of methoxy groups -OCH3 is 1. The van der Waals surface area contributed by atoms with Crippen LogP contribution in [0.15, 0.2) is 42.5 Å². The Morgan fingerprint density at radius 1 is 1.00 bits per heavy atom. The van der Waals surface area contributed by atoms with E-state index in [-0.39, 0.29) is 17.9 Å². The number of rotatable bonds is 9. The van der Waals surface area contributed by atoms with E-state index in [9.17, 15) is 9.59 Å². The molecule has 0 saturated carbocycles. The van der Waals surface area contributed by atoms with Gasteiger partial charge in [0.15, 0.2) is 6.10 Å². The van der Waals surface area contributed by atoms with Crippen molar-refractivity contribution in [3.8, 4) is 5.75 Å². The van der Waals surface area contributed by atoms with E-state index in [1.54, 1.807) is 7.11 Å². The second kappa shape index (κ2) is 12.6. The third-order valence-corrected chi connectivity index (χ3v) is 7.58. The lowest BCUT2D eigenvalue weighted by Gasteiger charge is -2.38. The number of benzene rings is 2. The quantitative estimate of drug-likeness (QED) is 0.516. The second-order valence-corrected chi connectivity index (χ2v) is 10.0. The highest BCUT2D eigenvalue weighted by atomic mass is 16.5. The van der Waals surface area contributed by atoms with E-state index in [2.05, 4.69) is 42.2 Å². The van der Waals surface area contributed by atoms with Gasteiger partial charge in [0, 0.05) is 52.8 Å². The molecule has 1 saturated heterocycles. The Labute approximate surface area is 221 Å². The molecule has 0 radical (unpaired) electrons. The molecule has 2 aromatic carbocycles. The van der Waals surface area contributed by atoms with Crippen molar-refractivity contribution in [2.45, 2.75) is 52.2 Å². The molecule has 0 bridgehead atoms. The third kappa shape index (κ3) is 6.33. The van der Waals surface area contributed by atoms with Gasteiger partial charge in [0.2, 0.25) is 5.91 Å². The summed E-state index contributed by atoms with van der Waals surface area (Å²) in [6, 6.07) is 14.4. The molecule has 2 amide bonds. The maximum atomic E-state index is 13.3. The van der Waals surface area contributed by atoms with Crippen LogP contribution in [0, 0.1) is 6.92 Å². The molecule has 7 heteroatoms. The fraction of sp³-hybridized carbons (Fsp3) is 0.533. The lowest BCUT2D eigenvalue weighted by atomic mass is 9.87. The van der Waals surface area contributed by atoms with Crippen LogP contribution in [0.2, 0.25) is 0 Å². The minimum Gasteiger partial charge on any atom is -0.481 e. The van der Waals surface area contributed by atoms with Gasteiger partial charge in [-0.25, -0.2) is 0 Å². The number of aryl methyl sites for hydroxylation is 1. The summed E-state index contributed by atoms with van der Waals surface area (Å²) in [5, 5.41) is 0. The first kappa shape index (κ1) is 27.1. The maximum Gasteiger partial charge on any atom is 0.263 e. The van der Waals surface area contributed by atoms with Crippen LogP contribution in [0.25, 0.3) is 0 Å². The predicted octanol–water partition coefficient (Wildman–Crippen LogP) is 3.83. The SMILES string of the molecule is CCC(=O)N1CCc2ccc(O[C@H](CC)C(=O)N3CCN(CCOC)CC3)cc2[C@@H]1c1ccc(C)cc1.